The molecule has 0 bridgehead atoms. The first-order valence-corrected chi connectivity index (χ1v) is 7.98. The molecule has 1 fully saturated rings. The van der Waals surface area contributed by atoms with Crippen molar-refractivity contribution in [3.05, 3.63) is 53.8 Å². The van der Waals surface area contributed by atoms with Crippen molar-refractivity contribution >= 4 is 34.9 Å². The van der Waals surface area contributed by atoms with Gasteiger partial charge in [-0.3, -0.25) is 14.7 Å². The minimum atomic E-state index is -0.412. The number of hydrogen-bond acceptors (Lipinski definition) is 3. The van der Waals surface area contributed by atoms with Crippen LogP contribution in [0.3, 0.4) is 0 Å². The van der Waals surface area contributed by atoms with Crippen molar-refractivity contribution in [1.82, 2.24) is 10.3 Å². The van der Waals surface area contributed by atoms with Crippen molar-refractivity contribution in [1.29, 1.82) is 0 Å². The topological polar surface area (TPSA) is 74.3 Å². The van der Waals surface area contributed by atoms with Crippen LogP contribution in [0.4, 0.5) is 16.2 Å². The number of aromatic nitrogens is 1. The molecule has 1 aliphatic rings. The van der Waals surface area contributed by atoms with E-state index in [1.807, 2.05) is 6.92 Å². The van der Waals surface area contributed by atoms with Gasteiger partial charge in [0.1, 0.15) is 6.17 Å². The molecule has 0 saturated carbocycles. The standard InChI is InChI=1S/C17H17ClN4O2/c1-11-9-15(21-17(24)20-13-3-2-8-19-10-13)22(16(11)23)14-6-4-12(18)5-7-14/h2-8,10-11,15H,9H2,1H3,(H2,20,21,24). The van der Waals surface area contributed by atoms with Gasteiger partial charge >= 0.3 is 6.03 Å². The van der Waals surface area contributed by atoms with E-state index in [0.29, 0.717) is 22.8 Å². The number of amides is 3. The Kier molecular flexibility index (Phi) is 4.66. The molecule has 124 valence electrons. The molecule has 0 spiro atoms. The lowest BCUT2D eigenvalue weighted by Crippen LogP contribution is -2.47. The molecule has 1 aromatic heterocycles. The number of carbonyl (C=O) groups is 2. The number of rotatable bonds is 3. The molecule has 6 nitrogen and oxygen atoms in total. The summed E-state index contributed by atoms with van der Waals surface area (Å²) < 4.78 is 0. The first-order chi connectivity index (χ1) is 11.5. The van der Waals surface area contributed by atoms with E-state index in [1.54, 1.807) is 53.7 Å². The Morgan fingerprint density at radius 1 is 1.29 bits per heavy atom. The van der Waals surface area contributed by atoms with E-state index in [2.05, 4.69) is 15.6 Å². The number of pyridine rings is 1. The summed E-state index contributed by atoms with van der Waals surface area (Å²) in [5.41, 5.74) is 1.30. The van der Waals surface area contributed by atoms with Gasteiger partial charge in [-0.15, -0.1) is 0 Å². The normalized spacial score (nSPS) is 20.1. The third-order valence-electron chi connectivity index (χ3n) is 3.87. The fraction of sp³-hybridized carbons (Fsp3) is 0.235. The molecule has 24 heavy (non-hydrogen) atoms. The summed E-state index contributed by atoms with van der Waals surface area (Å²) in [7, 11) is 0. The van der Waals surface area contributed by atoms with Crippen LogP contribution in [0.5, 0.6) is 0 Å². The Balaban J connectivity index is 1.74. The molecule has 1 saturated heterocycles. The van der Waals surface area contributed by atoms with Gasteiger partial charge in [-0.05, 0) is 42.8 Å². The van der Waals surface area contributed by atoms with Gasteiger partial charge in [-0.25, -0.2) is 4.79 Å². The van der Waals surface area contributed by atoms with Crippen molar-refractivity contribution in [2.45, 2.75) is 19.5 Å². The summed E-state index contributed by atoms with van der Waals surface area (Å²) >= 11 is 5.91. The Morgan fingerprint density at radius 2 is 2.04 bits per heavy atom. The maximum atomic E-state index is 12.5. The van der Waals surface area contributed by atoms with Crippen LogP contribution >= 0.6 is 11.6 Å². The molecule has 2 unspecified atom stereocenters. The third-order valence-corrected chi connectivity index (χ3v) is 4.12. The van der Waals surface area contributed by atoms with Crippen molar-refractivity contribution in [3.63, 3.8) is 0 Å². The van der Waals surface area contributed by atoms with E-state index in [4.69, 9.17) is 11.6 Å². The lowest BCUT2D eigenvalue weighted by atomic mass is 10.1. The maximum absolute atomic E-state index is 12.5. The fourth-order valence-electron chi connectivity index (χ4n) is 2.72. The summed E-state index contributed by atoms with van der Waals surface area (Å²) in [6.45, 7) is 1.85. The van der Waals surface area contributed by atoms with Gasteiger partial charge in [0.2, 0.25) is 5.91 Å². The smallest absolute Gasteiger partial charge is 0.317 e. The first-order valence-electron chi connectivity index (χ1n) is 7.61. The average molecular weight is 345 g/mol. The summed E-state index contributed by atoms with van der Waals surface area (Å²) in [6, 6.07) is 10.1. The lowest BCUT2D eigenvalue weighted by molar-refractivity contribution is -0.120. The SMILES string of the molecule is CC1CC(NC(=O)Nc2cccnc2)N(c2ccc(Cl)cc2)C1=O. The van der Waals surface area contributed by atoms with Gasteiger partial charge in [-0.2, -0.15) is 0 Å². The van der Waals surface area contributed by atoms with E-state index in [1.165, 1.54) is 0 Å². The van der Waals surface area contributed by atoms with Crippen molar-refractivity contribution in [3.8, 4) is 0 Å². The van der Waals surface area contributed by atoms with Crippen molar-refractivity contribution < 1.29 is 9.59 Å². The highest BCUT2D eigenvalue weighted by Gasteiger charge is 2.38. The highest BCUT2D eigenvalue weighted by atomic mass is 35.5. The molecule has 1 aliphatic heterocycles. The second-order valence-corrected chi connectivity index (χ2v) is 6.11. The van der Waals surface area contributed by atoms with Crippen LogP contribution in [0.1, 0.15) is 13.3 Å². The first kappa shape index (κ1) is 16.3. The number of halogens is 1. The molecule has 0 radical (unpaired) electrons. The highest BCUT2D eigenvalue weighted by molar-refractivity contribution is 6.30. The van der Waals surface area contributed by atoms with Gasteiger partial charge < -0.3 is 10.6 Å². The van der Waals surface area contributed by atoms with E-state index in [-0.39, 0.29) is 17.9 Å². The van der Waals surface area contributed by atoms with Crippen molar-refractivity contribution in [2.75, 3.05) is 10.2 Å². The van der Waals surface area contributed by atoms with Crippen LogP contribution in [-0.4, -0.2) is 23.1 Å². The largest absolute Gasteiger partial charge is 0.320 e. The van der Waals surface area contributed by atoms with Crippen LogP contribution in [0, 0.1) is 5.92 Å². The highest BCUT2D eigenvalue weighted by Crippen LogP contribution is 2.29. The molecule has 2 N–H and O–H groups in total. The van der Waals surface area contributed by atoms with Gasteiger partial charge in [-0.1, -0.05) is 18.5 Å². The summed E-state index contributed by atoms with van der Waals surface area (Å²) in [5, 5.41) is 6.15. The van der Waals surface area contributed by atoms with Crippen LogP contribution in [0.25, 0.3) is 0 Å². The Hall–Kier alpha value is -2.60. The summed E-state index contributed by atoms with van der Waals surface area (Å²) in [5.74, 6) is -0.187. The average Bonchev–Trinajstić information content (AvgIpc) is 2.83. The predicted molar refractivity (Wildman–Crippen MR) is 92.9 cm³/mol. The summed E-state index contributed by atoms with van der Waals surface area (Å²) in [6.07, 6.45) is 3.31. The number of anilines is 2. The fourth-order valence-corrected chi connectivity index (χ4v) is 2.85. The van der Waals surface area contributed by atoms with Gasteiger partial charge in [0.05, 0.1) is 11.9 Å². The maximum Gasteiger partial charge on any atom is 0.320 e. The van der Waals surface area contributed by atoms with E-state index >= 15 is 0 Å². The molecule has 3 amide bonds. The second kappa shape index (κ2) is 6.88. The number of carbonyl (C=O) groups excluding carboxylic acids is 2. The molecule has 7 heteroatoms. The quantitative estimate of drug-likeness (QED) is 0.897. The Labute approximate surface area is 144 Å². The zero-order chi connectivity index (χ0) is 17.1. The number of hydrogen-bond donors (Lipinski definition) is 2. The van der Waals surface area contributed by atoms with Crippen LogP contribution in [0.15, 0.2) is 48.8 Å². The molecule has 2 atom stereocenters. The number of benzene rings is 1. The zero-order valence-electron chi connectivity index (χ0n) is 13.1. The van der Waals surface area contributed by atoms with Gasteiger partial charge in [0, 0.05) is 22.8 Å². The minimum absolute atomic E-state index is 0.0241. The van der Waals surface area contributed by atoms with Gasteiger partial charge in [0.25, 0.3) is 0 Å². The lowest BCUT2D eigenvalue weighted by Gasteiger charge is -2.25. The molecule has 2 heterocycles. The summed E-state index contributed by atoms with van der Waals surface area (Å²) in [4.78, 5) is 30.2. The van der Waals surface area contributed by atoms with E-state index in [9.17, 15) is 9.59 Å². The Morgan fingerprint density at radius 3 is 2.71 bits per heavy atom. The minimum Gasteiger partial charge on any atom is -0.317 e. The third kappa shape index (κ3) is 3.49. The number of nitrogens with zero attached hydrogens (tertiary/aromatic N) is 2. The zero-order valence-corrected chi connectivity index (χ0v) is 13.8. The van der Waals surface area contributed by atoms with Gasteiger partial charge in [0.15, 0.2) is 0 Å². The molecule has 2 aromatic rings. The van der Waals surface area contributed by atoms with E-state index in [0.717, 1.165) is 0 Å². The molecule has 1 aromatic carbocycles. The van der Waals surface area contributed by atoms with E-state index < -0.39 is 6.17 Å². The second-order valence-electron chi connectivity index (χ2n) is 5.68. The molecular formula is C17H17ClN4O2. The molecular weight excluding hydrogens is 328 g/mol. The van der Waals surface area contributed by atoms with Crippen LogP contribution in [-0.2, 0) is 4.79 Å². The van der Waals surface area contributed by atoms with Crippen LogP contribution < -0.4 is 15.5 Å². The number of nitrogens with one attached hydrogen (secondary N) is 2. The van der Waals surface area contributed by atoms with Crippen molar-refractivity contribution in [2.24, 2.45) is 5.92 Å². The predicted octanol–water partition coefficient (Wildman–Crippen LogP) is 3.26. The monoisotopic (exact) mass is 344 g/mol. The molecule has 0 aliphatic carbocycles. The van der Waals surface area contributed by atoms with Crippen LogP contribution in [0.2, 0.25) is 5.02 Å². The number of urea groups is 1. The Bertz CT molecular complexity index is 736. The molecule has 3 rings (SSSR count).